The lowest BCUT2D eigenvalue weighted by atomic mass is 10.1. The van der Waals surface area contributed by atoms with Gasteiger partial charge in [-0.25, -0.2) is 14.4 Å². The highest BCUT2D eigenvalue weighted by molar-refractivity contribution is 7.13. The molecule has 146 valence electrons. The number of benzene rings is 1. The zero-order valence-corrected chi connectivity index (χ0v) is 16.9. The van der Waals surface area contributed by atoms with E-state index in [4.69, 9.17) is 4.98 Å². The Kier molecular flexibility index (Phi) is 7.04. The first-order valence-electron chi connectivity index (χ1n) is 9.62. The molecule has 1 aliphatic heterocycles. The predicted octanol–water partition coefficient (Wildman–Crippen LogP) is 3.49. The molecule has 0 radical (unpaired) electrons. The van der Waals surface area contributed by atoms with Crippen molar-refractivity contribution in [1.82, 2.24) is 15.6 Å². The fourth-order valence-corrected chi connectivity index (χ4v) is 3.93. The summed E-state index contributed by atoms with van der Waals surface area (Å²) in [6, 6.07) is 5.26. The van der Waals surface area contributed by atoms with Crippen LogP contribution in [0.5, 0.6) is 0 Å². The second kappa shape index (κ2) is 9.69. The number of aromatic nitrogens is 1. The predicted molar refractivity (Wildman–Crippen MR) is 111 cm³/mol. The smallest absolute Gasteiger partial charge is 0.191 e. The van der Waals surface area contributed by atoms with E-state index in [-0.39, 0.29) is 5.82 Å². The van der Waals surface area contributed by atoms with Crippen LogP contribution in [-0.2, 0) is 13.0 Å². The molecule has 0 saturated carbocycles. The zero-order chi connectivity index (χ0) is 19.1. The molecule has 1 aliphatic rings. The molecule has 0 amide bonds. The van der Waals surface area contributed by atoms with Crippen molar-refractivity contribution in [1.29, 1.82) is 0 Å². The molecule has 1 aromatic carbocycles. The van der Waals surface area contributed by atoms with Crippen molar-refractivity contribution in [3.63, 3.8) is 0 Å². The molecule has 2 aromatic rings. The van der Waals surface area contributed by atoms with Gasteiger partial charge in [0.1, 0.15) is 5.82 Å². The van der Waals surface area contributed by atoms with Crippen LogP contribution in [0.1, 0.15) is 36.6 Å². The van der Waals surface area contributed by atoms with Gasteiger partial charge in [0.15, 0.2) is 11.1 Å². The second-order valence-corrected chi connectivity index (χ2v) is 7.61. The quantitative estimate of drug-likeness (QED) is 0.562. The van der Waals surface area contributed by atoms with Gasteiger partial charge in [0.05, 0.1) is 12.2 Å². The highest BCUT2D eigenvalue weighted by Crippen LogP contribution is 2.24. The first-order valence-corrected chi connectivity index (χ1v) is 10.5. The molecule has 7 heteroatoms. The fourth-order valence-electron chi connectivity index (χ4n) is 3.02. The van der Waals surface area contributed by atoms with Crippen LogP contribution in [-0.4, -0.2) is 37.1 Å². The van der Waals surface area contributed by atoms with E-state index in [1.54, 1.807) is 30.4 Å². The van der Waals surface area contributed by atoms with Crippen LogP contribution >= 0.6 is 11.3 Å². The molecule has 1 aromatic heterocycles. The standard InChI is InChI=1S/C20H28FN5S/c1-3-22-19(24-13-16-7-6-15(2)18(21)12-16)23-9-8-17-14-27-20(25-17)26-10-4-5-11-26/h6-7,12,14H,3-5,8-11,13H2,1-2H3,(H2,22,23,24). The number of aliphatic imine (C=N–C) groups is 1. The number of guanidine groups is 1. The normalized spacial score (nSPS) is 14.6. The van der Waals surface area contributed by atoms with Gasteiger partial charge < -0.3 is 15.5 Å². The molecule has 0 unspecified atom stereocenters. The lowest BCUT2D eigenvalue weighted by Crippen LogP contribution is -2.38. The Hall–Kier alpha value is -2.15. The third-order valence-electron chi connectivity index (χ3n) is 4.59. The number of halogens is 1. The summed E-state index contributed by atoms with van der Waals surface area (Å²) in [5, 5.41) is 9.86. The van der Waals surface area contributed by atoms with Crippen molar-refractivity contribution in [3.8, 4) is 0 Å². The molecule has 1 fully saturated rings. The first kappa shape index (κ1) is 19.6. The first-order chi connectivity index (χ1) is 13.2. The minimum atomic E-state index is -0.182. The summed E-state index contributed by atoms with van der Waals surface area (Å²) in [6.07, 6.45) is 3.39. The van der Waals surface area contributed by atoms with E-state index >= 15 is 0 Å². The summed E-state index contributed by atoms with van der Waals surface area (Å²) < 4.78 is 13.7. The number of aryl methyl sites for hydroxylation is 1. The number of hydrogen-bond acceptors (Lipinski definition) is 4. The van der Waals surface area contributed by atoms with Crippen molar-refractivity contribution in [3.05, 3.63) is 46.2 Å². The molecule has 0 atom stereocenters. The average Bonchev–Trinajstić information content (AvgIpc) is 3.34. The Morgan fingerprint density at radius 3 is 2.85 bits per heavy atom. The van der Waals surface area contributed by atoms with Crippen LogP contribution in [0.3, 0.4) is 0 Å². The monoisotopic (exact) mass is 389 g/mol. The van der Waals surface area contributed by atoms with Crippen LogP contribution in [0.15, 0.2) is 28.6 Å². The average molecular weight is 390 g/mol. The van der Waals surface area contributed by atoms with E-state index in [9.17, 15) is 4.39 Å². The summed E-state index contributed by atoms with van der Waals surface area (Å²) in [5.74, 6) is 0.562. The van der Waals surface area contributed by atoms with Gasteiger partial charge in [0.25, 0.3) is 0 Å². The van der Waals surface area contributed by atoms with Crippen LogP contribution in [0.25, 0.3) is 0 Å². The Morgan fingerprint density at radius 2 is 2.11 bits per heavy atom. The van der Waals surface area contributed by atoms with E-state index in [1.165, 1.54) is 12.8 Å². The number of rotatable bonds is 7. The molecule has 1 saturated heterocycles. The van der Waals surface area contributed by atoms with E-state index in [0.29, 0.717) is 12.1 Å². The van der Waals surface area contributed by atoms with E-state index in [2.05, 4.69) is 25.9 Å². The third-order valence-corrected chi connectivity index (χ3v) is 5.54. The highest BCUT2D eigenvalue weighted by Gasteiger charge is 2.15. The van der Waals surface area contributed by atoms with Crippen LogP contribution in [0, 0.1) is 12.7 Å². The van der Waals surface area contributed by atoms with Crippen LogP contribution in [0.2, 0.25) is 0 Å². The molecule has 0 bridgehead atoms. The minimum absolute atomic E-state index is 0.182. The molecule has 27 heavy (non-hydrogen) atoms. The van der Waals surface area contributed by atoms with Crippen molar-refractivity contribution >= 4 is 22.4 Å². The molecule has 2 heterocycles. The fraction of sp³-hybridized carbons (Fsp3) is 0.500. The van der Waals surface area contributed by atoms with E-state index < -0.39 is 0 Å². The van der Waals surface area contributed by atoms with Crippen molar-refractivity contribution in [2.75, 3.05) is 31.1 Å². The summed E-state index contributed by atoms with van der Waals surface area (Å²) in [7, 11) is 0. The van der Waals surface area contributed by atoms with Gasteiger partial charge in [-0.15, -0.1) is 11.3 Å². The minimum Gasteiger partial charge on any atom is -0.357 e. The molecule has 0 aliphatic carbocycles. The third kappa shape index (κ3) is 5.66. The maximum atomic E-state index is 13.7. The SMILES string of the molecule is CCNC(=NCc1ccc(C)c(F)c1)NCCc1csc(N2CCCC2)n1. The molecule has 3 rings (SSSR count). The van der Waals surface area contributed by atoms with Crippen LogP contribution in [0.4, 0.5) is 9.52 Å². The van der Waals surface area contributed by atoms with Crippen molar-refractivity contribution < 1.29 is 4.39 Å². The maximum Gasteiger partial charge on any atom is 0.191 e. The molecule has 5 nitrogen and oxygen atoms in total. The Labute approximate surface area is 164 Å². The van der Waals surface area contributed by atoms with Gasteiger partial charge in [-0.1, -0.05) is 12.1 Å². The van der Waals surface area contributed by atoms with E-state index in [0.717, 1.165) is 54.9 Å². The number of hydrogen-bond donors (Lipinski definition) is 2. The Balaban J connectivity index is 1.50. The van der Waals surface area contributed by atoms with Gasteiger partial charge in [0, 0.05) is 38.0 Å². The largest absolute Gasteiger partial charge is 0.357 e. The summed E-state index contributed by atoms with van der Waals surface area (Å²) >= 11 is 1.73. The van der Waals surface area contributed by atoms with Gasteiger partial charge >= 0.3 is 0 Å². The number of anilines is 1. The Morgan fingerprint density at radius 1 is 1.30 bits per heavy atom. The number of nitrogens with one attached hydrogen (secondary N) is 2. The topological polar surface area (TPSA) is 52.6 Å². The second-order valence-electron chi connectivity index (χ2n) is 6.77. The zero-order valence-electron chi connectivity index (χ0n) is 16.1. The van der Waals surface area contributed by atoms with Gasteiger partial charge in [-0.05, 0) is 43.9 Å². The van der Waals surface area contributed by atoms with Crippen molar-refractivity contribution in [2.45, 2.75) is 39.7 Å². The summed E-state index contributed by atoms with van der Waals surface area (Å²) in [5.41, 5.74) is 2.64. The highest BCUT2D eigenvalue weighted by atomic mass is 32.1. The maximum absolute atomic E-state index is 13.7. The van der Waals surface area contributed by atoms with Gasteiger partial charge in [-0.2, -0.15) is 0 Å². The number of thiazole rings is 1. The lowest BCUT2D eigenvalue weighted by Gasteiger charge is -2.12. The van der Waals surface area contributed by atoms with Gasteiger partial charge in [0.2, 0.25) is 0 Å². The lowest BCUT2D eigenvalue weighted by molar-refractivity contribution is 0.616. The summed E-state index contributed by atoms with van der Waals surface area (Å²) in [4.78, 5) is 11.7. The molecular formula is C20H28FN5S. The van der Waals surface area contributed by atoms with Crippen molar-refractivity contribution in [2.24, 2.45) is 4.99 Å². The number of nitrogens with zero attached hydrogens (tertiary/aromatic N) is 3. The summed E-state index contributed by atoms with van der Waals surface area (Å²) in [6.45, 7) is 8.04. The van der Waals surface area contributed by atoms with Gasteiger partial charge in [-0.3, -0.25) is 0 Å². The molecule has 2 N–H and O–H groups in total. The van der Waals surface area contributed by atoms with Crippen LogP contribution < -0.4 is 15.5 Å². The van der Waals surface area contributed by atoms with E-state index in [1.807, 2.05) is 13.0 Å². The molecule has 0 spiro atoms. The Bertz CT molecular complexity index is 767. The molecular weight excluding hydrogens is 361 g/mol.